The van der Waals surface area contributed by atoms with E-state index in [4.69, 9.17) is 0 Å². The van der Waals surface area contributed by atoms with Crippen molar-refractivity contribution >= 4 is 35.5 Å². The third-order valence-corrected chi connectivity index (χ3v) is 4.77. The van der Waals surface area contributed by atoms with Crippen LogP contribution in [0.4, 0.5) is 5.69 Å². The van der Waals surface area contributed by atoms with Crippen LogP contribution in [0.2, 0.25) is 0 Å². The van der Waals surface area contributed by atoms with Crippen LogP contribution < -0.4 is 10.2 Å². The predicted octanol–water partition coefficient (Wildman–Crippen LogP) is -0.135. The standard InChI is InChI=1S/C17H16N4O4/c22-14-5-4-13(16(24)19-14)21-9-11-10(17(21)25)2-1-3-12(11)20-7-6-18-8-15(20)23/h1-3,6,13H,4-5,7-9H2,(H,19,22,24). The van der Waals surface area contributed by atoms with Crippen LogP contribution in [0.1, 0.15) is 28.8 Å². The second kappa shape index (κ2) is 5.80. The highest BCUT2D eigenvalue weighted by molar-refractivity contribution is 6.08. The van der Waals surface area contributed by atoms with Gasteiger partial charge in [-0.2, -0.15) is 0 Å². The zero-order valence-corrected chi connectivity index (χ0v) is 13.4. The Balaban J connectivity index is 1.66. The maximum absolute atomic E-state index is 12.8. The Hall–Kier alpha value is -3.03. The van der Waals surface area contributed by atoms with Gasteiger partial charge in [-0.25, -0.2) is 0 Å². The molecule has 3 aliphatic rings. The number of anilines is 1. The van der Waals surface area contributed by atoms with Gasteiger partial charge < -0.3 is 9.80 Å². The molecule has 0 saturated carbocycles. The van der Waals surface area contributed by atoms with Crippen molar-refractivity contribution in [1.82, 2.24) is 10.2 Å². The lowest BCUT2D eigenvalue weighted by Crippen LogP contribution is -2.52. The number of fused-ring (bicyclic) bond motifs is 1. The topological polar surface area (TPSA) is 99.2 Å². The summed E-state index contributed by atoms with van der Waals surface area (Å²) in [5.74, 6) is -1.13. The first kappa shape index (κ1) is 15.5. The molecule has 1 aromatic rings. The van der Waals surface area contributed by atoms with Gasteiger partial charge in [0.15, 0.2) is 0 Å². The number of benzene rings is 1. The Kier molecular flexibility index (Phi) is 3.60. The minimum atomic E-state index is -0.663. The molecule has 8 nitrogen and oxygen atoms in total. The number of imide groups is 1. The lowest BCUT2D eigenvalue weighted by Gasteiger charge is -2.29. The van der Waals surface area contributed by atoms with E-state index < -0.39 is 11.9 Å². The Labute approximate surface area is 143 Å². The monoisotopic (exact) mass is 340 g/mol. The average molecular weight is 340 g/mol. The lowest BCUT2D eigenvalue weighted by atomic mass is 10.0. The van der Waals surface area contributed by atoms with E-state index in [-0.39, 0.29) is 37.2 Å². The summed E-state index contributed by atoms with van der Waals surface area (Å²) < 4.78 is 0. The van der Waals surface area contributed by atoms with Gasteiger partial charge in [0, 0.05) is 36.0 Å². The molecule has 4 amide bonds. The van der Waals surface area contributed by atoms with Crippen molar-refractivity contribution in [2.75, 3.05) is 18.0 Å². The van der Waals surface area contributed by atoms with Gasteiger partial charge in [-0.3, -0.25) is 29.5 Å². The minimum absolute atomic E-state index is 0.0917. The number of rotatable bonds is 2. The highest BCUT2D eigenvalue weighted by atomic mass is 16.2. The van der Waals surface area contributed by atoms with Crippen LogP contribution in [-0.2, 0) is 20.9 Å². The third kappa shape index (κ3) is 2.50. The summed E-state index contributed by atoms with van der Waals surface area (Å²) in [5.41, 5.74) is 1.91. The molecule has 0 radical (unpaired) electrons. The molecule has 8 heteroatoms. The van der Waals surface area contributed by atoms with Crippen LogP contribution in [0.15, 0.2) is 23.2 Å². The van der Waals surface area contributed by atoms with Gasteiger partial charge in [0.1, 0.15) is 12.6 Å². The second-order valence-electron chi connectivity index (χ2n) is 6.23. The Bertz CT molecular complexity index is 832. The van der Waals surface area contributed by atoms with Crippen LogP contribution in [0.3, 0.4) is 0 Å². The number of nitrogens with zero attached hydrogens (tertiary/aromatic N) is 3. The predicted molar refractivity (Wildman–Crippen MR) is 88.2 cm³/mol. The van der Waals surface area contributed by atoms with Crippen molar-refractivity contribution in [3.8, 4) is 0 Å². The number of piperidine rings is 1. The molecule has 1 N–H and O–H groups in total. The van der Waals surface area contributed by atoms with Gasteiger partial charge in [-0.15, -0.1) is 0 Å². The molecule has 1 fully saturated rings. The molecular weight excluding hydrogens is 324 g/mol. The van der Waals surface area contributed by atoms with Crippen LogP contribution >= 0.6 is 0 Å². The number of nitrogens with one attached hydrogen (secondary N) is 1. The summed E-state index contributed by atoms with van der Waals surface area (Å²) in [6.45, 7) is 0.702. The first-order chi connectivity index (χ1) is 12.1. The van der Waals surface area contributed by atoms with E-state index >= 15 is 0 Å². The van der Waals surface area contributed by atoms with Crippen LogP contribution in [-0.4, -0.2) is 53.9 Å². The molecule has 0 aliphatic carbocycles. The summed E-state index contributed by atoms with van der Waals surface area (Å²) in [6.07, 6.45) is 2.20. The van der Waals surface area contributed by atoms with Crippen molar-refractivity contribution in [2.24, 2.45) is 4.99 Å². The number of carbonyl (C=O) groups excluding carboxylic acids is 4. The zero-order valence-electron chi connectivity index (χ0n) is 13.4. The maximum atomic E-state index is 12.8. The molecule has 4 rings (SSSR count). The third-order valence-electron chi connectivity index (χ3n) is 4.77. The van der Waals surface area contributed by atoms with E-state index in [0.29, 0.717) is 24.2 Å². The fraction of sp³-hybridized carbons (Fsp3) is 0.353. The average Bonchev–Trinajstić information content (AvgIpc) is 2.93. The van der Waals surface area contributed by atoms with Crippen LogP contribution in [0.25, 0.3) is 0 Å². The highest BCUT2D eigenvalue weighted by Gasteiger charge is 2.40. The largest absolute Gasteiger partial charge is 0.322 e. The fourth-order valence-electron chi connectivity index (χ4n) is 3.52. The van der Waals surface area contributed by atoms with E-state index in [1.807, 2.05) is 0 Å². The first-order valence-electron chi connectivity index (χ1n) is 8.11. The molecule has 1 aromatic carbocycles. The Morgan fingerprint density at radius 1 is 1.16 bits per heavy atom. The molecule has 1 atom stereocenters. The smallest absolute Gasteiger partial charge is 0.255 e. The zero-order chi connectivity index (χ0) is 17.6. The number of hydrogen-bond donors (Lipinski definition) is 1. The van der Waals surface area contributed by atoms with Gasteiger partial charge in [-0.1, -0.05) is 6.07 Å². The molecule has 0 bridgehead atoms. The SMILES string of the molecule is O=C1CCC(N2Cc3c(cccc3N3CC=NCC3=O)C2=O)C(=O)N1. The molecule has 128 valence electrons. The van der Waals surface area contributed by atoms with E-state index in [1.165, 1.54) is 4.90 Å². The Morgan fingerprint density at radius 3 is 2.76 bits per heavy atom. The summed E-state index contributed by atoms with van der Waals surface area (Å²) in [7, 11) is 0. The Morgan fingerprint density at radius 2 is 2.00 bits per heavy atom. The highest BCUT2D eigenvalue weighted by Crippen LogP contribution is 2.34. The van der Waals surface area contributed by atoms with Crippen LogP contribution in [0.5, 0.6) is 0 Å². The van der Waals surface area contributed by atoms with Crippen molar-refractivity contribution in [2.45, 2.75) is 25.4 Å². The molecule has 25 heavy (non-hydrogen) atoms. The fourth-order valence-corrected chi connectivity index (χ4v) is 3.52. The van der Waals surface area contributed by atoms with Crippen molar-refractivity contribution in [3.63, 3.8) is 0 Å². The summed E-state index contributed by atoms with van der Waals surface area (Å²) in [5, 5.41) is 2.28. The van der Waals surface area contributed by atoms with Gasteiger partial charge in [0.2, 0.25) is 17.7 Å². The quantitative estimate of drug-likeness (QED) is 0.758. The van der Waals surface area contributed by atoms with Crippen molar-refractivity contribution in [1.29, 1.82) is 0 Å². The summed E-state index contributed by atoms with van der Waals surface area (Å²) in [6, 6.07) is 4.58. The van der Waals surface area contributed by atoms with Crippen molar-refractivity contribution < 1.29 is 19.2 Å². The molecule has 3 aliphatic heterocycles. The summed E-state index contributed by atoms with van der Waals surface area (Å²) >= 11 is 0. The molecular formula is C17H16N4O4. The minimum Gasteiger partial charge on any atom is -0.322 e. The maximum Gasteiger partial charge on any atom is 0.255 e. The van der Waals surface area contributed by atoms with E-state index in [9.17, 15) is 19.2 Å². The number of aliphatic imine (C=N–C) groups is 1. The summed E-state index contributed by atoms with van der Waals surface area (Å²) in [4.78, 5) is 55.4. The number of amides is 4. The van der Waals surface area contributed by atoms with Gasteiger partial charge in [0.05, 0.1) is 6.54 Å². The molecule has 0 aromatic heterocycles. The molecule has 1 saturated heterocycles. The van der Waals surface area contributed by atoms with E-state index in [1.54, 1.807) is 29.3 Å². The molecule has 0 spiro atoms. The second-order valence-corrected chi connectivity index (χ2v) is 6.23. The van der Waals surface area contributed by atoms with Crippen LogP contribution in [0, 0.1) is 0 Å². The molecule has 3 heterocycles. The first-order valence-corrected chi connectivity index (χ1v) is 8.11. The molecule has 1 unspecified atom stereocenters. The van der Waals surface area contributed by atoms with Gasteiger partial charge >= 0.3 is 0 Å². The van der Waals surface area contributed by atoms with Gasteiger partial charge in [0.25, 0.3) is 5.91 Å². The van der Waals surface area contributed by atoms with Gasteiger partial charge in [-0.05, 0) is 18.6 Å². The van der Waals surface area contributed by atoms with E-state index in [2.05, 4.69) is 10.3 Å². The van der Waals surface area contributed by atoms with E-state index in [0.717, 1.165) is 5.56 Å². The van der Waals surface area contributed by atoms with Crippen molar-refractivity contribution in [3.05, 3.63) is 29.3 Å². The number of hydrogen-bond acceptors (Lipinski definition) is 5. The lowest BCUT2D eigenvalue weighted by molar-refractivity contribution is -0.137. The number of carbonyl (C=O) groups is 4. The normalized spacial score (nSPS) is 23.1.